The van der Waals surface area contributed by atoms with E-state index in [0.717, 1.165) is 46.3 Å². The topological polar surface area (TPSA) is 140 Å². The number of carbonyl (C=O) groups is 6. The number of aromatic nitrogens is 2. The van der Waals surface area contributed by atoms with Gasteiger partial charge in [-0.05, 0) is 66.3 Å². The number of nitrogens with zero attached hydrogens (tertiary/aromatic N) is 2. The number of hydrogen-bond acceptors (Lipinski definition) is 6. The number of para-hydroxylation sites is 2. The number of likely N-dealkylation sites (N-methyl/N-ethyl adjacent to an activating group) is 2. The van der Waals surface area contributed by atoms with E-state index in [1.54, 1.807) is 7.05 Å². The van der Waals surface area contributed by atoms with Crippen LogP contribution in [0.2, 0.25) is 0 Å². The minimum Gasteiger partial charge on any atom is -0.358 e. The number of allylic oxidation sites excluding steroid dienone is 2. The second-order valence-electron chi connectivity index (χ2n) is 13.8. The molecule has 4 aromatic rings. The van der Waals surface area contributed by atoms with Crippen LogP contribution in [0, 0.1) is 11.8 Å². The summed E-state index contributed by atoms with van der Waals surface area (Å²) in [5, 5.41) is 2.27. The maximum Gasteiger partial charge on any atom is 0.253 e. The number of aromatic amines is 2. The summed E-state index contributed by atoms with van der Waals surface area (Å²) in [6, 6.07) is 18.4. The summed E-state index contributed by atoms with van der Waals surface area (Å²) < 4.78 is 0. The highest BCUT2D eigenvalue weighted by Gasteiger charge is 2.57. The van der Waals surface area contributed by atoms with Crippen LogP contribution >= 0.6 is 0 Å². The van der Waals surface area contributed by atoms with Gasteiger partial charge >= 0.3 is 0 Å². The highest BCUT2D eigenvalue weighted by molar-refractivity contribution is 6.12. The van der Waals surface area contributed by atoms with Crippen LogP contribution in [-0.2, 0) is 28.8 Å². The van der Waals surface area contributed by atoms with Gasteiger partial charge < -0.3 is 9.97 Å². The van der Waals surface area contributed by atoms with Crippen molar-refractivity contribution in [2.75, 3.05) is 14.1 Å². The number of Topliss-reactive ketones (excluding diaryl/α,β-unsaturated/α-hetero) is 2. The predicted octanol–water partition coefficient (Wildman–Crippen LogP) is 5.96. The number of hydrogen-bond donors (Lipinski definition) is 2. The maximum absolute atomic E-state index is 12.9. The van der Waals surface area contributed by atoms with Crippen molar-refractivity contribution in [3.63, 3.8) is 0 Å². The van der Waals surface area contributed by atoms with E-state index in [1.165, 1.54) is 46.3 Å². The first kappa shape index (κ1) is 33.1. The fourth-order valence-corrected chi connectivity index (χ4v) is 8.23. The molecule has 10 heteroatoms. The molecule has 2 N–H and O–H groups in total. The Morgan fingerprint density at radius 2 is 1.36 bits per heavy atom. The predicted molar refractivity (Wildman–Crippen MR) is 189 cm³/mol. The monoisotopic (exact) mass is 672 g/mol. The van der Waals surface area contributed by atoms with E-state index in [2.05, 4.69) is 34.2 Å². The summed E-state index contributed by atoms with van der Waals surface area (Å²) in [5.74, 6) is -0.508. The van der Waals surface area contributed by atoms with Crippen molar-refractivity contribution in [1.29, 1.82) is 0 Å². The molecule has 0 spiro atoms. The van der Waals surface area contributed by atoms with Crippen molar-refractivity contribution in [2.45, 2.75) is 63.2 Å². The van der Waals surface area contributed by atoms with Crippen molar-refractivity contribution in [1.82, 2.24) is 19.8 Å². The molecule has 0 bridgehead atoms. The fraction of sp³-hybridized carbons (Fsp3) is 0.350. The molecule has 50 heavy (non-hydrogen) atoms. The number of likely N-dealkylation sites (tertiary alicyclic amines) is 1. The molecule has 4 atom stereocenters. The smallest absolute Gasteiger partial charge is 0.253 e. The highest BCUT2D eigenvalue weighted by atomic mass is 16.2. The molecule has 2 aromatic carbocycles. The zero-order valence-corrected chi connectivity index (χ0v) is 28.2. The molecule has 2 aliphatic heterocycles. The van der Waals surface area contributed by atoms with Crippen LogP contribution < -0.4 is 0 Å². The van der Waals surface area contributed by atoms with Crippen LogP contribution in [0.25, 0.3) is 27.4 Å². The minimum absolute atomic E-state index is 0.0680. The van der Waals surface area contributed by atoms with Gasteiger partial charge in [-0.25, -0.2) is 0 Å². The van der Waals surface area contributed by atoms with Gasteiger partial charge in [0.2, 0.25) is 11.8 Å². The molecule has 1 saturated heterocycles. The standard InChI is InChI=1S/C20H20N2O3.C15H15NO.C5H5NO2/c1-22-19(24)16-11-8-6-10(23)7-9-12(11)18-15(17(16)20(22)25)13-4-2-3-5-14(13)21-18;17-13-6-3-5-11(8-9-13)15-10-12-4-1-2-7-14(12)16-15;1-6-4(7)2-3-5(6)8/h2-5,11-12,16-17,21H,6-9H2,1H3;1-2,4-5,7,10,16H,3,6,8-9H2;2-3H,1H3. The first-order chi connectivity index (χ1) is 24.1. The van der Waals surface area contributed by atoms with Crippen molar-refractivity contribution >= 4 is 62.6 Å². The van der Waals surface area contributed by atoms with E-state index in [9.17, 15) is 28.8 Å². The number of benzene rings is 2. The Hall–Kier alpha value is -5.38. The second kappa shape index (κ2) is 13.5. The molecule has 1 saturated carbocycles. The first-order valence-electron chi connectivity index (χ1n) is 17.3. The molecule has 5 aliphatic rings. The maximum atomic E-state index is 12.9. The average Bonchev–Trinajstić information content (AvgIpc) is 3.77. The Balaban J connectivity index is 0.000000135. The molecule has 10 nitrogen and oxygen atoms in total. The van der Waals surface area contributed by atoms with Crippen molar-refractivity contribution in [3.8, 4) is 0 Å². The van der Waals surface area contributed by atoms with E-state index in [-0.39, 0.29) is 47.2 Å². The molecule has 2 aromatic heterocycles. The van der Waals surface area contributed by atoms with Crippen LogP contribution in [-0.4, -0.2) is 69.1 Å². The fourth-order valence-electron chi connectivity index (χ4n) is 8.23. The van der Waals surface area contributed by atoms with E-state index < -0.39 is 5.92 Å². The second-order valence-corrected chi connectivity index (χ2v) is 13.8. The Kier molecular flexibility index (Phi) is 8.94. The molecule has 4 heterocycles. The lowest BCUT2D eigenvalue weighted by atomic mass is 9.64. The third-order valence-corrected chi connectivity index (χ3v) is 10.9. The summed E-state index contributed by atoms with van der Waals surface area (Å²) in [5.41, 5.74) is 6.71. The number of carbonyl (C=O) groups excluding carboxylic acids is 6. The lowest BCUT2D eigenvalue weighted by Crippen LogP contribution is -2.35. The van der Waals surface area contributed by atoms with Gasteiger partial charge in [0.05, 0.1) is 11.8 Å². The Morgan fingerprint density at radius 1 is 0.680 bits per heavy atom. The van der Waals surface area contributed by atoms with Gasteiger partial charge in [0, 0.05) is 85.7 Å². The number of nitrogens with one attached hydrogen (secondary N) is 2. The first-order valence-corrected chi connectivity index (χ1v) is 17.3. The third-order valence-electron chi connectivity index (χ3n) is 10.9. The lowest BCUT2D eigenvalue weighted by Gasteiger charge is -2.36. The van der Waals surface area contributed by atoms with Crippen LogP contribution in [0.15, 0.2) is 72.8 Å². The molecule has 2 fully saturated rings. The minimum atomic E-state index is -0.405. The van der Waals surface area contributed by atoms with Gasteiger partial charge in [-0.3, -0.25) is 38.6 Å². The summed E-state index contributed by atoms with van der Waals surface area (Å²) in [7, 11) is 3.04. The summed E-state index contributed by atoms with van der Waals surface area (Å²) in [6.07, 6.45) is 10.4. The van der Waals surface area contributed by atoms with Crippen LogP contribution in [0.4, 0.5) is 0 Å². The summed E-state index contributed by atoms with van der Waals surface area (Å²) >= 11 is 0. The van der Waals surface area contributed by atoms with Crippen LogP contribution in [0.5, 0.6) is 0 Å². The highest BCUT2D eigenvalue weighted by Crippen LogP contribution is 2.56. The van der Waals surface area contributed by atoms with Gasteiger partial charge in [-0.2, -0.15) is 0 Å². The largest absolute Gasteiger partial charge is 0.358 e. The number of rotatable bonds is 1. The molecular formula is C40H40N4O6. The average molecular weight is 673 g/mol. The Labute approximate surface area is 289 Å². The van der Waals surface area contributed by atoms with E-state index in [4.69, 9.17) is 0 Å². The Morgan fingerprint density at radius 3 is 2.08 bits per heavy atom. The van der Waals surface area contributed by atoms with Gasteiger partial charge in [0.15, 0.2) is 0 Å². The van der Waals surface area contributed by atoms with Gasteiger partial charge in [0.25, 0.3) is 11.8 Å². The summed E-state index contributed by atoms with van der Waals surface area (Å²) in [6.45, 7) is 0. The molecule has 3 aliphatic carbocycles. The van der Waals surface area contributed by atoms with Crippen molar-refractivity contribution < 1.29 is 28.8 Å². The molecule has 0 radical (unpaired) electrons. The zero-order valence-electron chi connectivity index (χ0n) is 28.2. The number of amides is 4. The van der Waals surface area contributed by atoms with Crippen molar-refractivity contribution in [3.05, 3.63) is 89.8 Å². The number of H-pyrrole nitrogens is 2. The zero-order chi connectivity index (χ0) is 35.1. The van der Waals surface area contributed by atoms with Crippen LogP contribution in [0.1, 0.15) is 80.2 Å². The molecule has 4 unspecified atom stereocenters. The Bertz CT molecular complexity index is 2070. The van der Waals surface area contributed by atoms with Crippen LogP contribution in [0.3, 0.4) is 0 Å². The molecular weight excluding hydrogens is 632 g/mol. The lowest BCUT2D eigenvalue weighted by molar-refractivity contribution is -0.139. The quantitative estimate of drug-likeness (QED) is 0.239. The number of ketones is 2. The molecule has 9 rings (SSSR count). The molecule has 256 valence electrons. The number of imide groups is 2. The normalized spacial score (nSPS) is 24.6. The van der Waals surface area contributed by atoms with E-state index in [0.29, 0.717) is 37.9 Å². The third kappa shape index (κ3) is 6.03. The van der Waals surface area contributed by atoms with E-state index >= 15 is 0 Å². The summed E-state index contributed by atoms with van der Waals surface area (Å²) in [4.78, 5) is 79.3. The van der Waals surface area contributed by atoms with Gasteiger partial charge in [-0.1, -0.05) is 42.5 Å². The van der Waals surface area contributed by atoms with Crippen molar-refractivity contribution in [2.24, 2.45) is 11.8 Å². The molecule has 4 amide bonds. The number of fused-ring (bicyclic) bond motifs is 9. The van der Waals surface area contributed by atoms with Gasteiger partial charge in [0.1, 0.15) is 11.6 Å². The SMILES string of the molecule is CN1C(=O)C2c3c([nH]c4ccccc34)C3CCC(=O)CCC3C2C1=O.CN1C(=O)C=CC1=O.O=C1CCC=C(c2cc3ccccc3[nH]2)CC1. The van der Waals surface area contributed by atoms with Gasteiger partial charge in [-0.15, -0.1) is 0 Å². The van der Waals surface area contributed by atoms with E-state index in [1.807, 2.05) is 36.4 Å².